The molecule has 1 aromatic rings. The van der Waals surface area contributed by atoms with Gasteiger partial charge in [-0.25, -0.2) is 4.79 Å². The molecule has 0 saturated carbocycles. The van der Waals surface area contributed by atoms with E-state index in [0.717, 1.165) is 29.8 Å². The molecule has 0 unspecified atom stereocenters. The van der Waals surface area contributed by atoms with Gasteiger partial charge in [0.15, 0.2) is 0 Å². The second-order valence-electron chi connectivity index (χ2n) is 4.35. The highest BCUT2D eigenvalue weighted by Crippen LogP contribution is 2.38. The van der Waals surface area contributed by atoms with E-state index >= 15 is 0 Å². The van der Waals surface area contributed by atoms with Crippen molar-refractivity contribution in [3.63, 3.8) is 0 Å². The molecule has 1 aliphatic rings. The van der Waals surface area contributed by atoms with Gasteiger partial charge in [0, 0.05) is 18.0 Å². The molecule has 5 heteroatoms. The zero-order chi connectivity index (χ0) is 13.0. The van der Waals surface area contributed by atoms with Gasteiger partial charge in [0.1, 0.15) is 5.00 Å². The molecular formula is C13H20N2O2S. The van der Waals surface area contributed by atoms with E-state index in [4.69, 9.17) is 10.5 Å². The highest BCUT2D eigenvalue weighted by atomic mass is 32.1. The van der Waals surface area contributed by atoms with E-state index in [9.17, 15) is 4.79 Å². The summed E-state index contributed by atoms with van der Waals surface area (Å²) in [6, 6.07) is 0. The molecule has 18 heavy (non-hydrogen) atoms. The van der Waals surface area contributed by atoms with E-state index in [1.807, 2.05) is 6.92 Å². The number of aryl methyl sites for hydroxylation is 1. The lowest BCUT2D eigenvalue weighted by Gasteiger charge is -2.12. The monoisotopic (exact) mass is 268 g/mol. The first-order valence-corrected chi connectivity index (χ1v) is 7.35. The van der Waals surface area contributed by atoms with Crippen LogP contribution in [0.3, 0.4) is 0 Å². The Morgan fingerprint density at radius 3 is 2.94 bits per heavy atom. The molecular weight excluding hydrogens is 248 g/mol. The quantitative estimate of drug-likeness (QED) is 0.803. The number of thiophene rings is 1. The zero-order valence-electron chi connectivity index (χ0n) is 10.8. The van der Waals surface area contributed by atoms with Crippen molar-refractivity contribution in [1.82, 2.24) is 0 Å². The summed E-state index contributed by atoms with van der Waals surface area (Å²) in [6.45, 7) is 3.50. The van der Waals surface area contributed by atoms with Crippen LogP contribution in [0.5, 0.6) is 0 Å². The summed E-state index contributed by atoms with van der Waals surface area (Å²) in [6.07, 6.45) is 4.44. The summed E-state index contributed by atoms with van der Waals surface area (Å²) in [5, 5.41) is 4.19. The van der Waals surface area contributed by atoms with Crippen LogP contribution in [0.2, 0.25) is 0 Å². The van der Waals surface area contributed by atoms with Crippen LogP contribution in [-0.2, 0) is 17.6 Å². The van der Waals surface area contributed by atoms with Crippen LogP contribution in [-0.4, -0.2) is 25.7 Å². The predicted octanol–water partition coefficient (Wildman–Crippen LogP) is 2.17. The molecule has 2 rings (SSSR count). The van der Waals surface area contributed by atoms with Gasteiger partial charge >= 0.3 is 5.97 Å². The Bertz CT molecular complexity index is 429. The average molecular weight is 268 g/mol. The summed E-state index contributed by atoms with van der Waals surface area (Å²) >= 11 is 1.69. The van der Waals surface area contributed by atoms with Crippen molar-refractivity contribution < 1.29 is 9.53 Å². The third-order valence-electron chi connectivity index (χ3n) is 3.08. The Labute approximate surface area is 112 Å². The van der Waals surface area contributed by atoms with Gasteiger partial charge < -0.3 is 15.8 Å². The zero-order valence-corrected chi connectivity index (χ0v) is 11.6. The SMILES string of the molecule is CCOC(=O)c1c(NCCN)sc2c1CCCC2. The van der Waals surface area contributed by atoms with Gasteiger partial charge in [0.05, 0.1) is 12.2 Å². The van der Waals surface area contributed by atoms with Gasteiger partial charge in [-0.15, -0.1) is 11.3 Å². The maximum absolute atomic E-state index is 12.1. The van der Waals surface area contributed by atoms with Crippen molar-refractivity contribution in [1.29, 1.82) is 0 Å². The van der Waals surface area contributed by atoms with E-state index in [1.165, 1.54) is 16.9 Å². The first-order valence-electron chi connectivity index (χ1n) is 6.53. The van der Waals surface area contributed by atoms with Crippen molar-refractivity contribution in [3.8, 4) is 0 Å². The summed E-state index contributed by atoms with van der Waals surface area (Å²) in [4.78, 5) is 13.4. The number of carbonyl (C=O) groups excluding carboxylic acids is 1. The molecule has 4 nitrogen and oxygen atoms in total. The van der Waals surface area contributed by atoms with E-state index < -0.39 is 0 Å². The highest BCUT2D eigenvalue weighted by molar-refractivity contribution is 7.16. The third-order valence-corrected chi connectivity index (χ3v) is 4.33. The Balaban J connectivity index is 2.32. The maximum Gasteiger partial charge on any atom is 0.341 e. The number of esters is 1. The standard InChI is InChI=1S/C13H20N2O2S/c1-2-17-13(16)11-9-5-3-4-6-10(9)18-12(11)15-8-7-14/h15H,2-8,14H2,1H3. The van der Waals surface area contributed by atoms with Crippen molar-refractivity contribution in [2.45, 2.75) is 32.6 Å². The third kappa shape index (κ3) is 2.67. The van der Waals surface area contributed by atoms with Crippen LogP contribution in [0, 0.1) is 0 Å². The molecule has 1 heterocycles. The molecule has 0 atom stereocenters. The predicted molar refractivity (Wildman–Crippen MR) is 74.5 cm³/mol. The molecule has 100 valence electrons. The van der Waals surface area contributed by atoms with Crippen LogP contribution in [0.1, 0.15) is 40.6 Å². The molecule has 0 fully saturated rings. The number of fused-ring (bicyclic) bond motifs is 1. The van der Waals surface area contributed by atoms with Crippen molar-refractivity contribution in [2.75, 3.05) is 25.0 Å². The van der Waals surface area contributed by atoms with Crippen molar-refractivity contribution >= 4 is 22.3 Å². The Morgan fingerprint density at radius 2 is 2.22 bits per heavy atom. The molecule has 0 spiro atoms. The number of anilines is 1. The van der Waals surface area contributed by atoms with Gasteiger partial charge in [-0.2, -0.15) is 0 Å². The Morgan fingerprint density at radius 1 is 1.44 bits per heavy atom. The minimum absolute atomic E-state index is 0.198. The first kappa shape index (κ1) is 13.4. The fourth-order valence-corrected chi connectivity index (χ4v) is 3.60. The van der Waals surface area contributed by atoms with Crippen LogP contribution < -0.4 is 11.1 Å². The lowest BCUT2D eigenvalue weighted by Crippen LogP contribution is -2.15. The van der Waals surface area contributed by atoms with Gasteiger partial charge in [0.25, 0.3) is 0 Å². The van der Waals surface area contributed by atoms with Gasteiger partial charge in [-0.1, -0.05) is 0 Å². The number of nitrogens with two attached hydrogens (primary N) is 1. The number of hydrogen-bond acceptors (Lipinski definition) is 5. The topological polar surface area (TPSA) is 64.3 Å². The second kappa shape index (κ2) is 6.20. The molecule has 3 N–H and O–H groups in total. The minimum atomic E-state index is -0.198. The molecule has 0 radical (unpaired) electrons. The average Bonchev–Trinajstić information content (AvgIpc) is 2.74. The molecule has 1 aromatic heterocycles. The van der Waals surface area contributed by atoms with E-state index in [1.54, 1.807) is 11.3 Å². The lowest BCUT2D eigenvalue weighted by atomic mass is 9.95. The number of ether oxygens (including phenoxy) is 1. The Hall–Kier alpha value is -1.07. The molecule has 1 aliphatic carbocycles. The van der Waals surface area contributed by atoms with Crippen LogP contribution >= 0.6 is 11.3 Å². The van der Waals surface area contributed by atoms with Crippen molar-refractivity contribution in [2.24, 2.45) is 5.73 Å². The minimum Gasteiger partial charge on any atom is -0.462 e. The van der Waals surface area contributed by atoms with E-state index in [2.05, 4.69) is 5.32 Å². The summed E-state index contributed by atoms with van der Waals surface area (Å²) in [5.74, 6) is -0.198. The lowest BCUT2D eigenvalue weighted by molar-refractivity contribution is 0.0526. The summed E-state index contributed by atoms with van der Waals surface area (Å²) < 4.78 is 5.17. The number of nitrogens with one attached hydrogen (secondary N) is 1. The fourth-order valence-electron chi connectivity index (χ4n) is 2.30. The van der Waals surface area contributed by atoms with Crippen LogP contribution in [0.25, 0.3) is 0 Å². The van der Waals surface area contributed by atoms with Gasteiger partial charge in [-0.3, -0.25) is 0 Å². The molecule has 0 aliphatic heterocycles. The fraction of sp³-hybridized carbons (Fsp3) is 0.615. The largest absolute Gasteiger partial charge is 0.462 e. The van der Waals surface area contributed by atoms with Crippen molar-refractivity contribution in [3.05, 3.63) is 16.0 Å². The highest BCUT2D eigenvalue weighted by Gasteiger charge is 2.25. The molecule has 0 amide bonds. The summed E-state index contributed by atoms with van der Waals surface area (Å²) in [7, 11) is 0. The van der Waals surface area contributed by atoms with Crippen LogP contribution in [0.15, 0.2) is 0 Å². The number of carbonyl (C=O) groups is 1. The van der Waals surface area contributed by atoms with Gasteiger partial charge in [0.2, 0.25) is 0 Å². The number of hydrogen-bond donors (Lipinski definition) is 2. The van der Waals surface area contributed by atoms with Gasteiger partial charge in [-0.05, 0) is 38.2 Å². The first-order chi connectivity index (χ1) is 8.77. The normalized spacial score (nSPS) is 14.1. The molecule has 0 aromatic carbocycles. The van der Waals surface area contributed by atoms with E-state index in [0.29, 0.717) is 19.7 Å². The van der Waals surface area contributed by atoms with Crippen LogP contribution in [0.4, 0.5) is 5.00 Å². The van der Waals surface area contributed by atoms with E-state index in [-0.39, 0.29) is 5.97 Å². The molecule has 0 saturated heterocycles. The number of rotatable bonds is 5. The summed E-state index contributed by atoms with van der Waals surface area (Å²) in [5.41, 5.74) is 7.46. The molecule has 0 bridgehead atoms. The Kier molecular flexibility index (Phi) is 4.60. The smallest absolute Gasteiger partial charge is 0.341 e. The maximum atomic E-state index is 12.1. The second-order valence-corrected chi connectivity index (χ2v) is 5.46.